The second-order valence-corrected chi connectivity index (χ2v) is 5.87. The molecule has 2 saturated heterocycles. The molecule has 2 heterocycles. The van der Waals surface area contributed by atoms with E-state index in [1.807, 2.05) is 30.3 Å². The van der Waals surface area contributed by atoms with Crippen LogP contribution in [0.25, 0.3) is 10.8 Å². The van der Waals surface area contributed by atoms with Crippen LogP contribution in [0, 0.1) is 0 Å². The largest absolute Gasteiger partial charge is 0.506 e. The Balaban J connectivity index is 1.61. The van der Waals surface area contributed by atoms with Gasteiger partial charge in [-0.1, -0.05) is 30.3 Å². The lowest BCUT2D eigenvalue weighted by atomic mass is 9.95. The fraction of sp³-hybridized carbons (Fsp3) is 0.353. The quantitative estimate of drug-likeness (QED) is 0.890. The fourth-order valence-corrected chi connectivity index (χ4v) is 3.47. The number of rotatable bonds is 2. The van der Waals surface area contributed by atoms with Crippen LogP contribution in [0.2, 0.25) is 0 Å². The van der Waals surface area contributed by atoms with Gasteiger partial charge in [0.1, 0.15) is 5.75 Å². The van der Waals surface area contributed by atoms with Crippen molar-refractivity contribution in [3.8, 4) is 5.75 Å². The number of phenols is 1. The zero-order valence-electron chi connectivity index (χ0n) is 11.6. The molecule has 0 aromatic heterocycles. The van der Waals surface area contributed by atoms with Crippen molar-refractivity contribution < 1.29 is 14.6 Å². The number of aromatic hydroxyl groups is 1. The predicted molar refractivity (Wildman–Crippen MR) is 79.4 cm³/mol. The first-order chi connectivity index (χ1) is 10.2. The summed E-state index contributed by atoms with van der Waals surface area (Å²) in [5, 5.41) is 15.0. The maximum atomic E-state index is 12.4. The summed E-state index contributed by atoms with van der Waals surface area (Å²) in [5.41, 5.74) is 0.330. The minimum atomic E-state index is -0.223. The lowest BCUT2D eigenvalue weighted by Gasteiger charge is -2.20. The normalized spacial score (nSPS) is 27.1. The van der Waals surface area contributed by atoms with Gasteiger partial charge in [0.2, 0.25) is 0 Å². The molecule has 108 valence electrons. The summed E-state index contributed by atoms with van der Waals surface area (Å²) in [5.74, 6) is -0.172. The van der Waals surface area contributed by atoms with Crippen molar-refractivity contribution in [2.75, 3.05) is 0 Å². The van der Waals surface area contributed by atoms with Gasteiger partial charge < -0.3 is 15.2 Å². The number of phenolic OH excluding ortho intramolecular Hbond substituents is 1. The molecule has 0 saturated carbocycles. The molecule has 2 aliphatic rings. The van der Waals surface area contributed by atoms with Crippen LogP contribution in [0.3, 0.4) is 0 Å². The number of carbonyl (C=O) groups excluding carboxylic acids is 1. The lowest BCUT2D eigenvalue weighted by Crippen LogP contribution is -2.41. The van der Waals surface area contributed by atoms with Crippen LogP contribution in [0.1, 0.15) is 29.6 Å². The number of amides is 1. The maximum absolute atomic E-state index is 12.4. The van der Waals surface area contributed by atoms with E-state index in [2.05, 4.69) is 5.32 Å². The van der Waals surface area contributed by atoms with E-state index in [1.54, 1.807) is 6.07 Å². The first kappa shape index (κ1) is 12.7. The molecule has 21 heavy (non-hydrogen) atoms. The van der Waals surface area contributed by atoms with Crippen molar-refractivity contribution in [1.29, 1.82) is 0 Å². The van der Waals surface area contributed by atoms with E-state index >= 15 is 0 Å². The van der Waals surface area contributed by atoms with Crippen molar-refractivity contribution >= 4 is 16.7 Å². The Morgan fingerprint density at radius 2 is 2.05 bits per heavy atom. The van der Waals surface area contributed by atoms with Gasteiger partial charge in [-0.15, -0.1) is 0 Å². The average molecular weight is 283 g/mol. The number of ether oxygens (including phenoxy) is 1. The van der Waals surface area contributed by atoms with Crippen molar-refractivity contribution in [2.45, 2.75) is 37.5 Å². The van der Waals surface area contributed by atoms with Gasteiger partial charge in [-0.25, -0.2) is 0 Å². The Kier molecular flexibility index (Phi) is 2.86. The summed E-state index contributed by atoms with van der Waals surface area (Å²) in [7, 11) is 0. The molecule has 3 unspecified atom stereocenters. The lowest BCUT2D eigenvalue weighted by molar-refractivity contribution is 0.0839. The molecule has 0 spiro atoms. The SMILES string of the molecule is O=C(NC1CC2CCC1O2)c1ccc2ccccc2c1O. The molecule has 4 heteroatoms. The van der Waals surface area contributed by atoms with E-state index in [0.717, 1.165) is 24.6 Å². The van der Waals surface area contributed by atoms with E-state index in [-0.39, 0.29) is 23.8 Å². The van der Waals surface area contributed by atoms with Gasteiger partial charge in [0.25, 0.3) is 5.91 Å². The monoisotopic (exact) mass is 283 g/mol. The zero-order valence-corrected chi connectivity index (χ0v) is 11.6. The van der Waals surface area contributed by atoms with Crippen LogP contribution >= 0.6 is 0 Å². The number of benzene rings is 2. The maximum Gasteiger partial charge on any atom is 0.255 e. The van der Waals surface area contributed by atoms with Crippen molar-refractivity contribution in [3.05, 3.63) is 42.0 Å². The second kappa shape index (κ2) is 4.74. The molecular formula is C17H17NO3. The Morgan fingerprint density at radius 1 is 1.19 bits per heavy atom. The van der Waals surface area contributed by atoms with Crippen LogP contribution in [-0.4, -0.2) is 29.3 Å². The smallest absolute Gasteiger partial charge is 0.255 e. The molecule has 4 rings (SSSR count). The molecule has 2 fully saturated rings. The molecule has 2 aromatic rings. The minimum absolute atomic E-state index is 0.0506. The topological polar surface area (TPSA) is 58.6 Å². The van der Waals surface area contributed by atoms with Crippen molar-refractivity contribution in [3.63, 3.8) is 0 Å². The third kappa shape index (κ3) is 2.07. The van der Waals surface area contributed by atoms with E-state index in [9.17, 15) is 9.90 Å². The first-order valence-electron chi connectivity index (χ1n) is 7.39. The first-order valence-corrected chi connectivity index (χ1v) is 7.39. The molecule has 4 nitrogen and oxygen atoms in total. The third-order valence-corrected chi connectivity index (χ3v) is 4.57. The summed E-state index contributed by atoms with van der Waals surface area (Å²) < 4.78 is 5.74. The number of hydrogen-bond acceptors (Lipinski definition) is 3. The highest BCUT2D eigenvalue weighted by atomic mass is 16.5. The van der Waals surface area contributed by atoms with Crippen LogP contribution in [-0.2, 0) is 4.74 Å². The average Bonchev–Trinajstić information content (AvgIpc) is 3.10. The van der Waals surface area contributed by atoms with Crippen molar-refractivity contribution in [1.82, 2.24) is 5.32 Å². The molecular weight excluding hydrogens is 266 g/mol. The summed E-state index contributed by atoms with van der Waals surface area (Å²) in [4.78, 5) is 12.4. The Morgan fingerprint density at radius 3 is 2.81 bits per heavy atom. The second-order valence-electron chi connectivity index (χ2n) is 5.87. The van der Waals surface area contributed by atoms with Gasteiger partial charge in [0.05, 0.1) is 23.8 Å². The highest BCUT2D eigenvalue weighted by Gasteiger charge is 2.41. The Labute approximate surface area is 122 Å². The summed E-state index contributed by atoms with van der Waals surface area (Å²) in [6.07, 6.45) is 3.43. The van der Waals surface area contributed by atoms with E-state index in [0.29, 0.717) is 17.1 Å². The van der Waals surface area contributed by atoms with E-state index < -0.39 is 0 Å². The third-order valence-electron chi connectivity index (χ3n) is 4.57. The molecule has 3 atom stereocenters. The molecule has 1 amide bonds. The minimum Gasteiger partial charge on any atom is -0.506 e. The highest BCUT2D eigenvalue weighted by Crippen LogP contribution is 2.35. The molecule has 2 bridgehead atoms. The summed E-state index contributed by atoms with van der Waals surface area (Å²) >= 11 is 0. The van der Waals surface area contributed by atoms with Crippen LogP contribution in [0.15, 0.2) is 36.4 Å². The number of fused-ring (bicyclic) bond motifs is 3. The standard InChI is InChI=1S/C17H17NO3/c19-16-12-4-2-1-3-10(12)5-7-13(16)17(20)18-14-9-11-6-8-15(14)21-11/h1-5,7,11,14-15,19H,6,8-9H2,(H,18,20). The van der Waals surface area contributed by atoms with Crippen LogP contribution < -0.4 is 5.32 Å². The molecule has 0 aliphatic carbocycles. The molecule has 2 aromatic carbocycles. The van der Waals surface area contributed by atoms with Gasteiger partial charge in [0.15, 0.2) is 0 Å². The Bertz CT molecular complexity index is 712. The summed E-state index contributed by atoms with van der Waals surface area (Å²) in [6, 6.07) is 11.1. The van der Waals surface area contributed by atoms with Gasteiger partial charge in [0, 0.05) is 5.39 Å². The van der Waals surface area contributed by atoms with Gasteiger partial charge in [-0.05, 0) is 30.7 Å². The van der Waals surface area contributed by atoms with Gasteiger partial charge >= 0.3 is 0 Å². The number of carbonyl (C=O) groups is 1. The van der Waals surface area contributed by atoms with E-state index in [4.69, 9.17) is 4.74 Å². The number of nitrogens with one attached hydrogen (secondary N) is 1. The molecule has 0 radical (unpaired) electrons. The van der Waals surface area contributed by atoms with Gasteiger partial charge in [-0.2, -0.15) is 0 Å². The molecule has 2 aliphatic heterocycles. The number of hydrogen-bond donors (Lipinski definition) is 2. The van der Waals surface area contributed by atoms with Crippen LogP contribution in [0.4, 0.5) is 0 Å². The predicted octanol–water partition coefficient (Wildman–Crippen LogP) is 2.60. The fourth-order valence-electron chi connectivity index (χ4n) is 3.47. The van der Waals surface area contributed by atoms with E-state index in [1.165, 1.54) is 0 Å². The highest BCUT2D eigenvalue weighted by molar-refractivity contribution is 6.03. The zero-order chi connectivity index (χ0) is 14.4. The Hall–Kier alpha value is -2.07. The van der Waals surface area contributed by atoms with Crippen LogP contribution in [0.5, 0.6) is 5.75 Å². The molecule has 2 N–H and O–H groups in total. The van der Waals surface area contributed by atoms with Gasteiger partial charge in [-0.3, -0.25) is 4.79 Å². The summed E-state index contributed by atoms with van der Waals surface area (Å²) in [6.45, 7) is 0. The van der Waals surface area contributed by atoms with Crippen molar-refractivity contribution in [2.24, 2.45) is 0 Å².